The summed E-state index contributed by atoms with van der Waals surface area (Å²) < 4.78 is 5.36. The average Bonchev–Trinajstić information content (AvgIpc) is 2.95. The lowest BCUT2D eigenvalue weighted by atomic mass is 10.1. The molecule has 0 aromatic carbocycles. The van der Waals surface area contributed by atoms with Crippen LogP contribution in [0.5, 0.6) is 0 Å². The van der Waals surface area contributed by atoms with Gasteiger partial charge in [-0.2, -0.15) is 0 Å². The zero-order chi connectivity index (χ0) is 14.0. The smallest absolute Gasteiger partial charge is 0.410 e. The number of carbonyl (C=O) groups is 1. The topological polar surface area (TPSA) is 62.7 Å². The highest BCUT2D eigenvalue weighted by atomic mass is 32.1. The maximum absolute atomic E-state index is 11.9. The molecule has 106 valence electrons. The van der Waals surface area contributed by atoms with Crippen LogP contribution in [0.25, 0.3) is 0 Å². The number of nitrogens with zero attached hydrogens (tertiary/aromatic N) is 2. The molecular weight excluding hydrogens is 264 g/mol. The van der Waals surface area contributed by atoms with Gasteiger partial charge in [0.15, 0.2) is 0 Å². The average molecular weight is 284 g/mol. The maximum atomic E-state index is 11.9. The number of thiazole rings is 1. The van der Waals surface area contributed by atoms with E-state index in [1.165, 1.54) is 11.3 Å². The first-order chi connectivity index (χ1) is 8.89. The Hall–Kier alpha value is -1.14. The maximum Gasteiger partial charge on any atom is 0.410 e. The molecule has 1 aliphatic heterocycles. The third kappa shape index (κ3) is 3.67. The lowest BCUT2D eigenvalue weighted by Gasteiger charge is -2.24. The Morgan fingerprint density at radius 3 is 2.95 bits per heavy atom. The summed E-state index contributed by atoms with van der Waals surface area (Å²) in [6, 6.07) is 0. The van der Waals surface area contributed by atoms with E-state index in [4.69, 9.17) is 9.84 Å². The number of amides is 1. The summed E-state index contributed by atoms with van der Waals surface area (Å²) in [5.74, 6) is 0.254. The highest BCUT2D eigenvalue weighted by Gasteiger charge is 2.31. The molecule has 0 radical (unpaired) electrons. The summed E-state index contributed by atoms with van der Waals surface area (Å²) in [4.78, 5) is 18.0. The van der Waals surface area contributed by atoms with Crippen molar-refractivity contribution in [3.05, 3.63) is 16.1 Å². The molecule has 1 aromatic heterocycles. The first-order valence-electron chi connectivity index (χ1n) is 6.42. The summed E-state index contributed by atoms with van der Waals surface area (Å²) in [5.41, 5.74) is 0.514. The molecule has 0 spiro atoms. The number of rotatable bonds is 2. The fourth-order valence-electron chi connectivity index (χ4n) is 2.08. The van der Waals surface area contributed by atoms with Gasteiger partial charge in [0.2, 0.25) is 0 Å². The van der Waals surface area contributed by atoms with Crippen LogP contribution in [0.3, 0.4) is 0 Å². The summed E-state index contributed by atoms with van der Waals surface area (Å²) in [7, 11) is 0. The van der Waals surface area contributed by atoms with Gasteiger partial charge in [-0.3, -0.25) is 0 Å². The zero-order valence-electron chi connectivity index (χ0n) is 11.5. The zero-order valence-corrected chi connectivity index (χ0v) is 12.4. The standard InChI is InChI=1S/C13H20N2O3S/c1-13(2,3)18-12(17)15-5-4-9(6-15)10-8-19-11(7-16)14-10/h8-9,16H,4-7H2,1-3H3. The van der Waals surface area contributed by atoms with Gasteiger partial charge in [0.25, 0.3) is 0 Å². The first-order valence-corrected chi connectivity index (χ1v) is 7.30. The lowest BCUT2D eigenvalue weighted by molar-refractivity contribution is 0.0292. The molecule has 1 aliphatic rings. The molecule has 5 nitrogen and oxygen atoms in total. The Kier molecular flexibility index (Phi) is 4.10. The van der Waals surface area contributed by atoms with Gasteiger partial charge in [0.1, 0.15) is 10.6 Å². The fourth-order valence-corrected chi connectivity index (χ4v) is 2.81. The van der Waals surface area contributed by atoms with Crippen LogP contribution in [0.1, 0.15) is 43.8 Å². The number of hydrogen-bond acceptors (Lipinski definition) is 5. The minimum absolute atomic E-state index is 0.0207. The Bertz CT molecular complexity index is 453. The Morgan fingerprint density at radius 2 is 2.37 bits per heavy atom. The minimum atomic E-state index is -0.458. The summed E-state index contributed by atoms with van der Waals surface area (Å²) in [6.45, 7) is 6.92. The van der Waals surface area contributed by atoms with Gasteiger partial charge >= 0.3 is 6.09 Å². The van der Waals surface area contributed by atoms with Crippen molar-refractivity contribution in [1.82, 2.24) is 9.88 Å². The summed E-state index contributed by atoms with van der Waals surface area (Å²) in [5, 5.41) is 11.7. The highest BCUT2D eigenvalue weighted by molar-refractivity contribution is 7.09. The van der Waals surface area contributed by atoms with Crippen molar-refractivity contribution < 1.29 is 14.6 Å². The highest BCUT2D eigenvalue weighted by Crippen LogP contribution is 2.29. The van der Waals surface area contributed by atoms with E-state index < -0.39 is 5.60 Å². The molecule has 0 saturated carbocycles. The Labute approximate surface area is 117 Å². The van der Waals surface area contributed by atoms with Crippen LogP contribution >= 0.6 is 11.3 Å². The second kappa shape index (κ2) is 5.46. The van der Waals surface area contributed by atoms with Crippen molar-refractivity contribution in [3.8, 4) is 0 Å². The monoisotopic (exact) mass is 284 g/mol. The molecule has 6 heteroatoms. The van der Waals surface area contributed by atoms with Crippen LogP contribution in [0.4, 0.5) is 4.79 Å². The van der Waals surface area contributed by atoms with Gasteiger partial charge in [-0.15, -0.1) is 11.3 Å². The first kappa shape index (κ1) is 14.3. The second-order valence-corrected chi connectivity index (χ2v) is 6.68. The summed E-state index contributed by atoms with van der Waals surface area (Å²) in [6.07, 6.45) is 0.640. The molecule has 1 N–H and O–H groups in total. The van der Waals surface area contributed by atoms with Crippen molar-refractivity contribution in [2.45, 2.75) is 45.3 Å². The quantitative estimate of drug-likeness (QED) is 0.905. The molecule has 2 rings (SSSR count). The number of aliphatic hydroxyl groups excluding tert-OH is 1. The van der Waals surface area contributed by atoms with Crippen LogP contribution in [0, 0.1) is 0 Å². The third-order valence-electron chi connectivity index (χ3n) is 2.96. The van der Waals surface area contributed by atoms with Crippen molar-refractivity contribution in [2.24, 2.45) is 0 Å². The Morgan fingerprint density at radius 1 is 1.63 bits per heavy atom. The number of aromatic nitrogens is 1. The molecule has 19 heavy (non-hydrogen) atoms. The van der Waals surface area contributed by atoms with Gasteiger partial charge in [-0.1, -0.05) is 0 Å². The number of carbonyl (C=O) groups excluding carboxylic acids is 1. The number of aliphatic hydroxyl groups is 1. The van der Waals surface area contributed by atoms with Crippen molar-refractivity contribution in [2.75, 3.05) is 13.1 Å². The van der Waals surface area contributed by atoms with E-state index in [2.05, 4.69) is 4.98 Å². The molecule has 1 fully saturated rings. The number of hydrogen-bond donors (Lipinski definition) is 1. The van der Waals surface area contributed by atoms with Gasteiger partial charge in [-0.05, 0) is 27.2 Å². The largest absolute Gasteiger partial charge is 0.444 e. The third-order valence-corrected chi connectivity index (χ3v) is 3.81. The van der Waals surface area contributed by atoms with Crippen LogP contribution in [-0.2, 0) is 11.3 Å². The van der Waals surface area contributed by atoms with Crippen molar-refractivity contribution in [3.63, 3.8) is 0 Å². The van der Waals surface area contributed by atoms with Gasteiger partial charge in [-0.25, -0.2) is 9.78 Å². The summed E-state index contributed by atoms with van der Waals surface area (Å²) >= 11 is 1.46. The van der Waals surface area contributed by atoms with Gasteiger partial charge < -0.3 is 14.7 Å². The predicted octanol–water partition coefficient (Wildman–Crippen LogP) is 2.36. The molecule has 1 unspecified atom stereocenters. The van der Waals surface area contributed by atoms with Crippen molar-refractivity contribution in [1.29, 1.82) is 0 Å². The SMILES string of the molecule is CC(C)(C)OC(=O)N1CCC(c2csc(CO)n2)C1. The van der Waals surface area contributed by atoms with Crippen LogP contribution in [0.15, 0.2) is 5.38 Å². The van der Waals surface area contributed by atoms with Crippen LogP contribution in [0.2, 0.25) is 0 Å². The van der Waals surface area contributed by atoms with E-state index in [1.807, 2.05) is 26.2 Å². The van der Waals surface area contributed by atoms with Gasteiger partial charge in [0.05, 0.1) is 12.3 Å². The predicted molar refractivity (Wildman–Crippen MR) is 73.2 cm³/mol. The van der Waals surface area contributed by atoms with E-state index in [0.717, 1.165) is 17.1 Å². The van der Waals surface area contributed by atoms with E-state index in [-0.39, 0.29) is 18.6 Å². The van der Waals surface area contributed by atoms with Crippen molar-refractivity contribution >= 4 is 17.4 Å². The Balaban J connectivity index is 1.94. The van der Waals surface area contributed by atoms with Gasteiger partial charge in [0, 0.05) is 24.4 Å². The van der Waals surface area contributed by atoms with Crippen LogP contribution in [-0.4, -0.2) is 39.8 Å². The molecule has 0 bridgehead atoms. The fraction of sp³-hybridized carbons (Fsp3) is 0.692. The lowest BCUT2D eigenvalue weighted by Crippen LogP contribution is -2.35. The normalized spacial score (nSPS) is 19.8. The molecule has 1 atom stereocenters. The van der Waals surface area contributed by atoms with E-state index in [1.54, 1.807) is 4.90 Å². The molecule has 1 aromatic rings. The molecule has 1 amide bonds. The molecule has 0 aliphatic carbocycles. The molecular formula is C13H20N2O3S. The molecule has 1 saturated heterocycles. The number of likely N-dealkylation sites (tertiary alicyclic amines) is 1. The molecule has 2 heterocycles. The minimum Gasteiger partial charge on any atom is -0.444 e. The van der Waals surface area contributed by atoms with E-state index in [9.17, 15) is 4.79 Å². The van der Waals surface area contributed by atoms with E-state index >= 15 is 0 Å². The number of ether oxygens (including phenoxy) is 1. The van der Waals surface area contributed by atoms with Crippen LogP contribution < -0.4 is 0 Å². The second-order valence-electron chi connectivity index (χ2n) is 5.74. The van der Waals surface area contributed by atoms with E-state index in [0.29, 0.717) is 13.1 Å².